The van der Waals surface area contributed by atoms with Gasteiger partial charge in [0.25, 0.3) is 0 Å². The zero-order chi connectivity index (χ0) is 10.6. The maximum absolute atomic E-state index is 9.98. The van der Waals surface area contributed by atoms with Crippen LogP contribution in [0.3, 0.4) is 0 Å². The van der Waals surface area contributed by atoms with E-state index in [1.165, 1.54) is 0 Å². The number of rotatable bonds is 5. The van der Waals surface area contributed by atoms with Crippen LogP contribution >= 0.6 is 0 Å². The summed E-state index contributed by atoms with van der Waals surface area (Å²) in [6, 6.07) is 0. The summed E-state index contributed by atoms with van der Waals surface area (Å²) in [5.41, 5.74) is 0. The van der Waals surface area contributed by atoms with Crippen LogP contribution in [0.5, 0.6) is 0 Å². The van der Waals surface area contributed by atoms with E-state index in [-0.39, 0.29) is 40.5 Å². The van der Waals surface area contributed by atoms with Crippen LogP contribution in [0.4, 0.5) is 0 Å². The second kappa shape index (κ2) is 11.7. The van der Waals surface area contributed by atoms with Gasteiger partial charge in [-0.15, -0.1) is 0 Å². The van der Waals surface area contributed by atoms with Gasteiger partial charge in [-0.05, 0) is 0 Å². The molecular weight excluding hydrogens is 239 g/mol. The minimum absolute atomic E-state index is 0. The largest absolute Gasteiger partial charge is 1.00 e. The van der Waals surface area contributed by atoms with Crippen molar-refractivity contribution in [2.45, 2.75) is 24.4 Å². The van der Waals surface area contributed by atoms with E-state index >= 15 is 0 Å². The molecule has 0 spiro atoms. The molecule has 0 fully saturated rings. The van der Waals surface area contributed by atoms with Crippen molar-refractivity contribution in [3.63, 3.8) is 0 Å². The Morgan fingerprint density at radius 1 is 1.06 bits per heavy atom. The molecule has 0 amide bonds. The van der Waals surface area contributed by atoms with E-state index in [2.05, 4.69) is 0 Å². The van der Waals surface area contributed by atoms with Gasteiger partial charge in [-0.3, -0.25) is 0 Å². The molecule has 0 bridgehead atoms. The topological polar surface area (TPSA) is 204 Å². The van der Waals surface area contributed by atoms with E-state index in [9.17, 15) is 9.90 Å². The smallest absolute Gasteiger partial charge is 0.547 e. The van der Waals surface area contributed by atoms with Crippen LogP contribution in [0.15, 0.2) is 0 Å². The third-order valence-corrected chi connectivity index (χ3v) is 1.50. The standard InChI is InChI=1S/C6H12O7.Na.2H2O/c7-1-2(8)3(9)4(10)5(11)6(12)13;;;/h2-5,7-11H,1H2,(H,12,13);;2*1H2/q;+1;;/p-1. The maximum atomic E-state index is 9.98. The molecule has 0 saturated heterocycles. The van der Waals surface area contributed by atoms with Crippen LogP contribution in [0.25, 0.3) is 0 Å². The molecule has 94 valence electrons. The number of aliphatic carboxylic acids is 1. The molecule has 0 aromatic carbocycles. The van der Waals surface area contributed by atoms with E-state index in [4.69, 9.17) is 25.5 Å². The number of hydrogen-bond acceptors (Lipinski definition) is 7. The molecule has 4 atom stereocenters. The van der Waals surface area contributed by atoms with Gasteiger partial charge in [0.1, 0.15) is 24.4 Å². The fourth-order valence-corrected chi connectivity index (χ4v) is 0.662. The zero-order valence-electron chi connectivity index (χ0n) is 8.57. The first-order chi connectivity index (χ1) is 5.91. The molecule has 0 saturated carbocycles. The third-order valence-electron chi connectivity index (χ3n) is 1.50. The Morgan fingerprint density at radius 2 is 1.44 bits per heavy atom. The molecule has 0 aromatic heterocycles. The number of carbonyl (C=O) groups excluding carboxylic acids is 1. The predicted octanol–water partition coefficient (Wildman–Crippen LogP) is -9.47. The summed E-state index contributed by atoms with van der Waals surface area (Å²) < 4.78 is 0. The second-order valence-corrected chi connectivity index (χ2v) is 2.49. The van der Waals surface area contributed by atoms with Crippen molar-refractivity contribution in [2.75, 3.05) is 6.61 Å². The number of aliphatic hydroxyl groups excluding tert-OH is 5. The van der Waals surface area contributed by atoms with Gasteiger partial charge >= 0.3 is 29.6 Å². The van der Waals surface area contributed by atoms with Crippen LogP contribution in [0, 0.1) is 0 Å². The molecule has 0 aromatic rings. The Labute approximate surface area is 113 Å². The van der Waals surface area contributed by atoms with Crippen molar-refractivity contribution in [3.8, 4) is 0 Å². The fourth-order valence-electron chi connectivity index (χ4n) is 0.662. The van der Waals surface area contributed by atoms with Gasteiger partial charge in [0.2, 0.25) is 0 Å². The summed E-state index contributed by atoms with van der Waals surface area (Å²) in [6.45, 7) is -0.863. The summed E-state index contributed by atoms with van der Waals surface area (Å²) in [5, 5.41) is 53.4. The van der Waals surface area contributed by atoms with Crippen molar-refractivity contribution in [2.24, 2.45) is 0 Å². The van der Waals surface area contributed by atoms with Gasteiger partial charge in [-0.1, -0.05) is 0 Å². The molecule has 9 nitrogen and oxygen atoms in total. The van der Waals surface area contributed by atoms with Crippen LogP contribution in [-0.2, 0) is 4.79 Å². The number of aliphatic hydroxyl groups is 5. The summed E-state index contributed by atoms with van der Waals surface area (Å²) in [5.74, 6) is -1.98. The molecule has 16 heavy (non-hydrogen) atoms. The van der Waals surface area contributed by atoms with Crippen molar-refractivity contribution in [1.29, 1.82) is 0 Å². The molecule has 0 heterocycles. The SMILES string of the molecule is O.O.O=C([O-])C(O)C(O)C(O)C(O)CO.[Na+]. The monoisotopic (exact) mass is 254 g/mol. The summed E-state index contributed by atoms with van der Waals surface area (Å²) in [7, 11) is 0. The average Bonchev–Trinajstić information content (AvgIpc) is 2.12. The minimum Gasteiger partial charge on any atom is -0.547 e. The van der Waals surface area contributed by atoms with Gasteiger partial charge in [-0.25, -0.2) is 0 Å². The summed E-state index contributed by atoms with van der Waals surface area (Å²) >= 11 is 0. The van der Waals surface area contributed by atoms with E-state index in [0.29, 0.717) is 0 Å². The Morgan fingerprint density at radius 3 is 1.69 bits per heavy atom. The summed E-state index contributed by atoms with van der Waals surface area (Å²) in [4.78, 5) is 9.98. The van der Waals surface area contributed by atoms with E-state index < -0.39 is 37.0 Å². The normalized spacial score (nSPS) is 16.6. The molecule has 10 heteroatoms. The fraction of sp³-hybridized carbons (Fsp3) is 0.833. The first-order valence-corrected chi connectivity index (χ1v) is 3.45. The molecular formula is C6H15NaO9. The van der Waals surface area contributed by atoms with Crippen molar-refractivity contribution in [3.05, 3.63) is 0 Å². The number of carboxylic acids is 1. The predicted molar refractivity (Wildman–Crippen MR) is 43.3 cm³/mol. The zero-order valence-corrected chi connectivity index (χ0v) is 10.6. The Kier molecular flexibility index (Phi) is 18.3. The van der Waals surface area contributed by atoms with E-state index in [1.807, 2.05) is 0 Å². The van der Waals surface area contributed by atoms with Crippen molar-refractivity contribution < 1.29 is 75.9 Å². The molecule has 9 N–H and O–H groups in total. The molecule has 4 unspecified atom stereocenters. The third kappa shape index (κ3) is 7.46. The molecule has 0 aliphatic heterocycles. The molecule has 0 rings (SSSR count). The van der Waals surface area contributed by atoms with E-state index in [0.717, 1.165) is 0 Å². The Balaban J connectivity index is -0.000000240. The van der Waals surface area contributed by atoms with Gasteiger partial charge in [-0.2, -0.15) is 0 Å². The van der Waals surface area contributed by atoms with E-state index in [1.54, 1.807) is 0 Å². The van der Waals surface area contributed by atoms with Crippen molar-refractivity contribution in [1.82, 2.24) is 0 Å². The first kappa shape index (κ1) is 25.1. The molecule has 0 radical (unpaired) electrons. The molecule has 0 aliphatic carbocycles. The van der Waals surface area contributed by atoms with Gasteiger partial charge in [0.15, 0.2) is 0 Å². The minimum atomic E-state index is -2.31. The van der Waals surface area contributed by atoms with Crippen LogP contribution < -0.4 is 34.7 Å². The Hall–Kier alpha value is 0.190. The Bertz CT molecular complexity index is 177. The summed E-state index contributed by atoms with van der Waals surface area (Å²) in [6.07, 6.45) is -8.08. The second-order valence-electron chi connectivity index (χ2n) is 2.49. The molecule has 0 aliphatic rings. The average molecular weight is 254 g/mol. The van der Waals surface area contributed by atoms with Crippen LogP contribution in [0.2, 0.25) is 0 Å². The van der Waals surface area contributed by atoms with Crippen LogP contribution in [-0.4, -0.2) is 73.5 Å². The maximum Gasteiger partial charge on any atom is 1.00 e. The van der Waals surface area contributed by atoms with Gasteiger partial charge < -0.3 is 46.4 Å². The quantitative estimate of drug-likeness (QED) is 0.299. The van der Waals surface area contributed by atoms with Gasteiger partial charge in [0, 0.05) is 0 Å². The van der Waals surface area contributed by atoms with Crippen molar-refractivity contribution >= 4 is 5.97 Å². The van der Waals surface area contributed by atoms with Crippen LogP contribution in [0.1, 0.15) is 0 Å². The number of carboxylic acid groups (broad SMARTS) is 1. The van der Waals surface area contributed by atoms with Gasteiger partial charge in [0.05, 0.1) is 12.6 Å². The number of hydrogen-bond donors (Lipinski definition) is 5. The number of carbonyl (C=O) groups is 1. The first-order valence-electron chi connectivity index (χ1n) is 3.45.